The SMILES string of the molecule is CCCCCCCC1CCC(C#N)(C2CCC(CCCCCC)CC2)CC1. The summed E-state index contributed by atoms with van der Waals surface area (Å²) in [6.45, 7) is 4.59. The zero-order valence-corrected chi connectivity index (χ0v) is 18.6. The first-order valence-corrected chi connectivity index (χ1v) is 12.6. The van der Waals surface area contributed by atoms with Gasteiger partial charge in [-0.1, -0.05) is 97.3 Å². The van der Waals surface area contributed by atoms with E-state index in [1.807, 2.05) is 0 Å². The van der Waals surface area contributed by atoms with Crippen molar-refractivity contribution < 1.29 is 0 Å². The Morgan fingerprint density at radius 2 is 1.15 bits per heavy atom. The van der Waals surface area contributed by atoms with Crippen molar-refractivity contribution in [3.63, 3.8) is 0 Å². The van der Waals surface area contributed by atoms with Crippen molar-refractivity contribution in [2.75, 3.05) is 0 Å². The lowest BCUT2D eigenvalue weighted by atomic mass is 9.59. The molecule has 0 saturated heterocycles. The van der Waals surface area contributed by atoms with Crippen molar-refractivity contribution in [1.29, 1.82) is 5.26 Å². The normalized spacial score (nSPS) is 31.5. The molecule has 27 heavy (non-hydrogen) atoms. The molecule has 0 aromatic rings. The molecular weight excluding hydrogens is 326 g/mol. The van der Waals surface area contributed by atoms with Gasteiger partial charge in [-0.2, -0.15) is 5.26 Å². The van der Waals surface area contributed by atoms with Gasteiger partial charge in [-0.15, -0.1) is 0 Å². The van der Waals surface area contributed by atoms with Gasteiger partial charge >= 0.3 is 0 Å². The summed E-state index contributed by atoms with van der Waals surface area (Å²) in [6.07, 6.45) is 26.1. The number of rotatable bonds is 12. The summed E-state index contributed by atoms with van der Waals surface area (Å²) in [6, 6.07) is 2.87. The van der Waals surface area contributed by atoms with Crippen LogP contribution in [-0.4, -0.2) is 0 Å². The van der Waals surface area contributed by atoms with E-state index in [-0.39, 0.29) is 5.41 Å². The van der Waals surface area contributed by atoms with Crippen molar-refractivity contribution >= 4 is 0 Å². The van der Waals surface area contributed by atoms with E-state index >= 15 is 0 Å². The Bertz CT molecular complexity index is 404. The Labute approximate surface area is 170 Å². The molecule has 2 aliphatic carbocycles. The molecule has 0 N–H and O–H groups in total. The molecule has 2 rings (SSSR count). The molecule has 0 bridgehead atoms. The summed E-state index contributed by atoms with van der Waals surface area (Å²) >= 11 is 0. The number of nitriles is 1. The summed E-state index contributed by atoms with van der Waals surface area (Å²) < 4.78 is 0. The first-order valence-electron chi connectivity index (χ1n) is 12.6. The van der Waals surface area contributed by atoms with E-state index in [9.17, 15) is 5.26 Å². The van der Waals surface area contributed by atoms with Gasteiger partial charge in [0.1, 0.15) is 0 Å². The molecule has 0 amide bonds. The second-order valence-electron chi connectivity index (χ2n) is 9.98. The van der Waals surface area contributed by atoms with Gasteiger partial charge < -0.3 is 0 Å². The van der Waals surface area contributed by atoms with Gasteiger partial charge in [0.15, 0.2) is 0 Å². The van der Waals surface area contributed by atoms with E-state index < -0.39 is 0 Å². The Morgan fingerprint density at radius 1 is 0.667 bits per heavy atom. The minimum absolute atomic E-state index is 0.0475. The second-order valence-corrected chi connectivity index (χ2v) is 9.98. The largest absolute Gasteiger partial charge is 0.198 e. The molecule has 0 unspecified atom stereocenters. The summed E-state index contributed by atoms with van der Waals surface area (Å²) in [5, 5.41) is 10.1. The quantitative estimate of drug-likeness (QED) is 0.313. The summed E-state index contributed by atoms with van der Waals surface area (Å²) in [7, 11) is 0. The minimum Gasteiger partial charge on any atom is -0.198 e. The molecule has 0 aliphatic heterocycles. The average Bonchev–Trinajstić information content (AvgIpc) is 2.72. The monoisotopic (exact) mass is 373 g/mol. The lowest BCUT2D eigenvalue weighted by Gasteiger charge is -2.43. The maximum absolute atomic E-state index is 10.1. The summed E-state index contributed by atoms with van der Waals surface area (Å²) in [4.78, 5) is 0. The van der Waals surface area contributed by atoms with Crippen LogP contribution in [0.5, 0.6) is 0 Å². The second kappa shape index (κ2) is 12.9. The molecule has 0 atom stereocenters. The Morgan fingerprint density at radius 3 is 1.67 bits per heavy atom. The number of unbranched alkanes of at least 4 members (excludes halogenated alkanes) is 7. The first kappa shape index (κ1) is 22.8. The molecule has 156 valence electrons. The van der Waals surface area contributed by atoms with E-state index in [4.69, 9.17) is 0 Å². The number of hydrogen-bond donors (Lipinski definition) is 0. The van der Waals surface area contributed by atoms with E-state index in [0.717, 1.165) is 11.8 Å². The van der Waals surface area contributed by atoms with Gasteiger partial charge in [-0.3, -0.25) is 0 Å². The fourth-order valence-corrected chi connectivity index (χ4v) is 5.99. The van der Waals surface area contributed by atoms with Crippen LogP contribution in [0, 0.1) is 34.5 Å². The molecule has 0 heterocycles. The maximum atomic E-state index is 10.1. The van der Waals surface area contributed by atoms with Crippen molar-refractivity contribution in [1.82, 2.24) is 0 Å². The van der Waals surface area contributed by atoms with Crippen LogP contribution in [-0.2, 0) is 0 Å². The Balaban J connectivity index is 1.67. The molecule has 0 aromatic heterocycles. The summed E-state index contributed by atoms with van der Waals surface area (Å²) in [5.74, 6) is 2.59. The van der Waals surface area contributed by atoms with Gasteiger partial charge in [0.25, 0.3) is 0 Å². The van der Waals surface area contributed by atoms with Crippen LogP contribution in [0.1, 0.15) is 136 Å². The molecule has 2 fully saturated rings. The highest BCUT2D eigenvalue weighted by Crippen LogP contribution is 2.51. The fraction of sp³-hybridized carbons (Fsp3) is 0.962. The zero-order chi connectivity index (χ0) is 19.4. The smallest absolute Gasteiger partial charge is 0.0692 e. The summed E-state index contributed by atoms with van der Waals surface area (Å²) in [5.41, 5.74) is 0.0475. The third-order valence-corrected chi connectivity index (χ3v) is 8.03. The lowest BCUT2D eigenvalue weighted by Crippen LogP contribution is -2.36. The van der Waals surface area contributed by atoms with E-state index in [0.29, 0.717) is 5.92 Å². The molecule has 0 spiro atoms. The Kier molecular flexibility index (Phi) is 10.8. The average molecular weight is 374 g/mol. The van der Waals surface area contributed by atoms with Crippen LogP contribution in [0.4, 0.5) is 0 Å². The topological polar surface area (TPSA) is 23.8 Å². The van der Waals surface area contributed by atoms with Gasteiger partial charge in [-0.25, -0.2) is 0 Å². The molecule has 2 saturated carbocycles. The number of nitrogens with zero attached hydrogens (tertiary/aromatic N) is 1. The van der Waals surface area contributed by atoms with Crippen LogP contribution in [0.3, 0.4) is 0 Å². The minimum atomic E-state index is 0.0475. The van der Waals surface area contributed by atoms with Crippen LogP contribution in [0.2, 0.25) is 0 Å². The third kappa shape index (κ3) is 7.44. The van der Waals surface area contributed by atoms with Crippen LogP contribution < -0.4 is 0 Å². The number of hydrogen-bond acceptors (Lipinski definition) is 1. The third-order valence-electron chi connectivity index (χ3n) is 8.03. The fourth-order valence-electron chi connectivity index (χ4n) is 5.99. The molecule has 1 heteroatoms. The van der Waals surface area contributed by atoms with Gasteiger partial charge in [0.05, 0.1) is 11.5 Å². The van der Waals surface area contributed by atoms with Crippen LogP contribution >= 0.6 is 0 Å². The zero-order valence-electron chi connectivity index (χ0n) is 18.6. The standard InChI is InChI=1S/C26H47N/c1-3-5-7-9-11-13-24-18-20-26(22-27,21-19-24)25-16-14-23(15-17-25)12-10-8-6-4-2/h23-25H,3-21H2,1-2H3. The Hall–Kier alpha value is -0.510. The predicted molar refractivity (Wildman–Crippen MR) is 118 cm³/mol. The highest BCUT2D eigenvalue weighted by molar-refractivity contribution is 5.06. The van der Waals surface area contributed by atoms with Crippen LogP contribution in [0.15, 0.2) is 0 Å². The lowest BCUT2D eigenvalue weighted by molar-refractivity contribution is 0.0842. The van der Waals surface area contributed by atoms with E-state index in [1.165, 1.54) is 122 Å². The highest BCUT2D eigenvalue weighted by Gasteiger charge is 2.43. The maximum Gasteiger partial charge on any atom is 0.0692 e. The van der Waals surface area contributed by atoms with Crippen molar-refractivity contribution in [3.8, 4) is 6.07 Å². The van der Waals surface area contributed by atoms with E-state index in [2.05, 4.69) is 19.9 Å². The van der Waals surface area contributed by atoms with Gasteiger partial charge in [0.2, 0.25) is 0 Å². The molecule has 2 aliphatic rings. The molecule has 0 radical (unpaired) electrons. The van der Waals surface area contributed by atoms with Crippen molar-refractivity contribution in [2.24, 2.45) is 23.2 Å². The predicted octanol–water partition coefficient (Wildman–Crippen LogP) is 8.82. The van der Waals surface area contributed by atoms with E-state index in [1.54, 1.807) is 0 Å². The van der Waals surface area contributed by atoms with Crippen molar-refractivity contribution in [2.45, 2.75) is 136 Å². The van der Waals surface area contributed by atoms with Crippen LogP contribution in [0.25, 0.3) is 0 Å². The molecular formula is C26H47N. The van der Waals surface area contributed by atoms with Crippen molar-refractivity contribution in [3.05, 3.63) is 0 Å². The molecule has 1 nitrogen and oxygen atoms in total. The van der Waals surface area contributed by atoms with Gasteiger partial charge in [0, 0.05) is 0 Å². The van der Waals surface area contributed by atoms with Gasteiger partial charge in [-0.05, 0) is 56.3 Å². The first-order chi connectivity index (χ1) is 13.2. The molecule has 0 aromatic carbocycles. The highest BCUT2D eigenvalue weighted by atomic mass is 14.5.